The van der Waals surface area contributed by atoms with Gasteiger partial charge in [0.25, 0.3) is 0 Å². The molecule has 5 rings (SSSR count). The zero-order chi connectivity index (χ0) is 21.2. The lowest BCUT2D eigenvalue weighted by atomic mass is 10.1. The van der Waals surface area contributed by atoms with Gasteiger partial charge in [0.2, 0.25) is 0 Å². The summed E-state index contributed by atoms with van der Waals surface area (Å²) in [6.45, 7) is 2.84. The van der Waals surface area contributed by atoms with Crippen LogP contribution >= 0.6 is 11.3 Å². The van der Waals surface area contributed by atoms with Crippen molar-refractivity contribution in [3.63, 3.8) is 0 Å². The number of terminal acetylenes is 1. The molecule has 1 fully saturated rings. The van der Waals surface area contributed by atoms with Gasteiger partial charge in [0.05, 0.1) is 0 Å². The molecule has 154 valence electrons. The number of nitrogens with zero attached hydrogens (tertiary/aromatic N) is 5. The predicted molar refractivity (Wildman–Crippen MR) is 123 cm³/mol. The van der Waals surface area contributed by atoms with E-state index < -0.39 is 0 Å². The van der Waals surface area contributed by atoms with Crippen LogP contribution in [-0.2, 0) is 0 Å². The molecule has 3 aromatic heterocycles. The third-order valence-electron chi connectivity index (χ3n) is 5.39. The summed E-state index contributed by atoms with van der Waals surface area (Å²) in [5.41, 5.74) is 4.34. The van der Waals surface area contributed by atoms with Gasteiger partial charge in [-0.05, 0) is 35.7 Å². The lowest BCUT2D eigenvalue weighted by molar-refractivity contribution is 0.208. The van der Waals surface area contributed by atoms with Crippen LogP contribution in [-0.4, -0.2) is 51.5 Å². The summed E-state index contributed by atoms with van der Waals surface area (Å²) in [7, 11) is 0. The molecule has 1 aliphatic heterocycles. The topological polar surface area (TPSA) is 65.8 Å². The van der Waals surface area contributed by atoms with Gasteiger partial charge >= 0.3 is 6.03 Å². The average molecular weight is 429 g/mol. The quantitative estimate of drug-likeness (QED) is 0.504. The SMILES string of the molecule is C#Cc1nc(NC(=O)N2CCN(c3ccc(-c4cccn5ccnc45)cc3)CC2)cs1. The van der Waals surface area contributed by atoms with Crippen LogP contribution in [0.5, 0.6) is 0 Å². The number of rotatable bonds is 3. The van der Waals surface area contributed by atoms with Crippen LogP contribution in [0.1, 0.15) is 5.01 Å². The minimum Gasteiger partial charge on any atom is -0.368 e. The van der Waals surface area contributed by atoms with Crippen molar-refractivity contribution >= 4 is 34.5 Å². The number of piperazine rings is 1. The van der Waals surface area contributed by atoms with E-state index in [1.165, 1.54) is 11.3 Å². The molecule has 8 heteroatoms. The van der Waals surface area contributed by atoms with Crippen molar-refractivity contribution in [2.45, 2.75) is 0 Å². The first-order chi connectivity index (χ1) is 15.2. The van der Waals surface area contributed by atoms with Crippen molar-refractivity contribution in [2.24, 2.45) is 0 Å². The number of hydrogen-bond donors (Lipinski definition) is 1. The van der Waals surface area contributed by atoms with Gasteiger partial charge in [-0.25, -0.2) is 14.8 Å². The van der Waals surface area contributed by atoms with Crippen LogP contribution in [0.2, 0.25) is 0 Å². The Bertz CT molecular complexity index is 1260. The number of urea groups is 1. The highest BCUT2D eigenvalue weighted by molar-refractivity contribution is 7.10. The summed E-state index contributed by atoms with van der Waals surface area (Å²) in [6.07, 6.45) is 11.1. The van der Waals surface area contributed by atoms with Gasteiger partial charge in [0, 0.05) is 61.4 Å². The largest absolute Gasteiger partial charge is 0.368 e. The Morgan fingerprint density at radius 3 is 2.65 bits per heavy atom. The average Bonchev–Trinajstić information content (AvgIpc) is 3.48. The first-order valence-corrected chi connectivity index (χ1v) is 10.8. The number of fused-ring (bicyclic) bond motifs is 1. The maximum absolute atomic E-state index is 12.5. The molecule has 1 N–H and O–H groups in total. The van der Waals surface area contributed by atoms with Crippen molar-refractivity contribution in [3.8, 4) is 23.5 Å². The Morgan fingerprint density at radius 2 is 1.90 bits per heavy atom. The molecule has 0 saturated carbocycles. The fourth-order valence-corrected chi connectivity index (χ4v) is 4.33. The molecule has 0 bridgehead atoms. The Kier molecular flexibility index (Phi) is 5.02. The number of amides is 2. The van der Waals surface area contributed by atoms with E-state index in [1.807, 2.05) is 29.1 Å². The molecular weight excluding hydrogens is 408 g/mol. The molecule has 1 aliphatic rings. The van der Waals surface area contributed by atoms with Gasteiger partial charge in [0.15, 0.2) is 5.01 Å². The molecule has 4 heterocycles. The number of hydrogen-bond acceptors (Lipinski definition) is 5. The maximum atomic E-state index is 12.5. The zero-order valence-corrected chi connectivity index (χ0v) is 17.5. The van der Waals surface area contributed by atoms with Crippen LogP contribution in [0, 0.1) is 12.3 Å². The van der Waals surface area contributed by atoms with Crippen molar-refractivity contribution in [2.75, 3.05) is 36.4 Å². The molecule has 2 amide bonds. The first kappa shape index (κ1) is 19.2. The Labute approximate surface area is 184 Å². The van der Waals surface area contributed by atoms with E-state index in [0.29, 0.717) is 23.9 Å². The van der Waals surface area contributed by atoms with Gasteiger partial charge in [-0.15, -0.1) is 17.8 Å². The monoisotopic (exact) mass is 428 g/mol. The molecule has 0 atom stereocenters. The predicted octanol–water partition coefficient (Wildman–Crippen LogP) is 3.79. The summed E-state index contributed by atoms with van der Waals surface area (Å²) in [5, 5.41) is 5.14. The van der Waals surface area contributed by atoms with Crippen LogP contribution in [0.15, 0.2) is 60.4 Å². The van der Waals surface area contributed by atoms with Gasteiger partial charge in [0.1, 0.15) is 11.5 Å². The van der Waals surface area contributed by atoms with E-state index in [9.17, 15) is 4.79 Å². The summed E-state index contributed by atoms with van der Waals surface area (Å²) in [5.74, 6) is 2.98. The van der Waals surface area contributed by atoms with Crippen LogP contribution in [0.4, 0.5) is 16.3 Å². The van der Waals surface area contributed by atoms with E-state index in [2.05, 4.69) is 56.4 Å². The highest BCUT2D eigenvalue weighted by atomic mass is 32.1. The molecular formula is C23H20N6OS. The molecule has 0 radical (unpaired) electrons. The number of carbonyl (C=O) groups excluding carboxylic acids is 1. The molecule has 31 heavy (non-hydrogen) atoms. The fraction of sp³-hybridized carbons (Fsp3) is 0.174. The standard InChI is InChI=1S/C23H20N6OS/c1-2-21-25-20(16-31-21)26-23(30)29-14-12-27(13-15-29)18-7-5-17(6-8-18)19-4-3-10-28-11-9-24-22(19)28/h1,3-11,16H,12-15H2,(H,26,30). The number of pyridine rings is 1. The second-order valence-corrected chi connectivity index (χ2v) is 8.07. The number of nitrogens with one attached hydrogen (secondary N) is 1. The Morgan fingerprint density at radius 1 is 1.10 bits per heavy atom. The number of aromatic nitrogens is 3. The van der Waals surface area contributed by atoms with Gasteiger partial charge in [-0.1, -0.05) is 12.1 Å². The van der Waals surface area contributed by atoms with Crippen molar-refractivity contribution < 1.29 is 4.79 Å². The summed E-state index contributed by atoms with van der Waals surface area (Å²) < 4.78 is 2.02. The van der Waals surface area contributed by atoms with E-state index in [0.717, 1.165) is 35.6 Å². The third kappa shape index (κ3) is 3.83. The summed E-state index contributed by atoms with van der Waals surface area (Å²) in [6, 6.07) is 12.5. The lowest BCUT2D eigenvalue weighted by Gasteiger charge is -2.36. The summed E-state index contributed by atoms with van der Waals surface area (Å²) in [4.78, 5) is 25.2. The highest BCUT2D eigenvalue weighted by Gasteiger charge is 2.22. The number of imidazole rings is 1. The molecule has 0 unspecified atom stereocenters. The highest BCUT2D eigenvalue weighted by Crippen LogP contribution is 2.26. The molecule has 0 spiro atoms. The minimum atomic E-state index is -0.142. The smallest absolute Gasteiger partial charge is 0.323 e. The van der Waals surface area contributed by atoms with E-state index in [-0.39, 0.29) is 6.03 Å². The van der Waals surface area contributed by atoms with E-state index in [1.54, 1.807) is 10.3 Å². The van der Waals surface area contributed by atoms with Gasteiger partial charge < -0.3 is 14.2 Å². The van der Waals surface area contributed by atoms with E-state index >= 15 is 0 Å². The van der Waals surface area contributed by atoms with Crippen LogP contribution in [0.25, 0.3) is 16.8 Å². The normalized spacial score (nSPS) is 13.9. The second kappa shape index (κ2) is 8.13. The zero-order valence-electron chi connectivity index (χ0n) is 16.7. The Balaban J connectivity index is 1.22. The van der Waals surface area contributed by atoms with Crippen molar-refractivity contribution in [1.82, 2.24) is 19.3 Å². The Hall–Kier alpha value is -3.83. The molecule has 4 aromatic rings. The third-order valence-corrected chi connectivity index (χ3v) is 6.17. The van der Waals surface area contributed by atoms with Crippen LogP contribution < -0.4 is 10.2 Å². The summed E-state index contributed by atoms with van der Waals surface area (Å²) >= 11 is 1.34. The molecule has 1 saturated heterocycles. The van der Waals surface area contributed by atoms with Gasteiger partial charge in [-0.3, -0.25) is 5.32 Å². The molecule has 7 nitrogen and oxygen atoms in total. The first-order valence-electron chi connectivity index (χ1n) is 9.96. The van der Waals surface area contributed by atoms with Crippen molar-refractivity contribution in [1.29, 1.82) is 0 Å². The number of carbonyl (C=O) groups is 1. The lowest BCUT2D eigenvalue weighted by Crippen LogP contribution is -2.50. The maximum Gasteiger partial charge on any atom is 0.323 e. The van der Waals surface area contributed by atoms with Crippen molar-refractivity contribution in [3.05, 3.63) is 65.4 Å². The number of thiazole rings is 1. The fourth-order valence-electron chi connectivity index (χ4n) is 3.78. The minimum absolute atomic E-state index is 0.142. The number of anilines is 2. The van der Waals surface area contributed by atoms with Gasteiger partial charge in [-0.2, -0.15) is 0 Å². The molecule has 1 aromatic carbocycles. The van der Waals surface area contributed by atoms with E-state index in [4.69, 9.17) is 6.42 Å². The molecule has 0 aliphatic carbocycles. The van der Waals surface area contributed by atoms with Crippen LogP contribution in [0.3, 0.4) is 0 Å². The number of benzene rings is 1. The second-order valence-electron chi connectivity index (χ2n) is 7.21.